The number of rotatable bonds is 4. The maximum atomic E-state index is 9.55. The van der Waals surface area contributed by atoms with E-state index in [2.05, 4.69) is 74.4 Å². The Bertz CT molecular complexity index is 1020. The van der Waals surface area contributed by atoms with Crippen molar-refractivity contribution in [3.8, 4) is 17.3 Å². The van der Waals surface area contributed by atoms with Gasteiger partial charge < -0.3 is 5.32 Å². The second-order valence-electron chi connectivity index (χ2n) is 6.49. The van der Waals surface area contributed by atoms with Crippen LogP contribution in [0.2, 0.25) is 0 Å². The van der Waals surface area contributed by atoms with Crippen molar-refractivity contribution >= 4 is 22.6 Å². The minimum atomic E-state index is 0.533. The predicted octanol–water partition coefficient (Wildman–Crippen LogP) is 6.02. The maximum Gasteiger partial charge on any atom is 0.136 e. The largest absolute Gasteiger partial charge is 0.360 e. The average molecular weight is 359 g/mol. The first-order valence-electron chi connectivity index (χ1n) is 8.45. The Kier molecular flexibility index (Phi) is 5.20. The molecule has 0 aliphatic rings. The van der Waals surface area contributed by atoms with Crippen molar-refractivity contribution in [1.29, 1.82) is 5.26 Å². The summed E-state index contributed by atoms with van der Waals surface area (Å²) in [5, 5.41) is 15.5. The van der Waals surface area contributed by atoms with Crippen LogP contribution in [-0.4, -0.2) is 4.98 Å². The lowest BCUT2D eigenvalue weighted by atomic mass is 10.0. The average Bonchev–Trinajstić information content (AvgIpc) is 3.06. The van der Waals surface area contributed by atoms with Crippen LogP contribution in [-0.2, 0) is 0 Å². The number of aromatic nitrogens is 1. The summed E-state index contributed by atoms with van der Waals surface area (Å²) in [5.41, 5.74) is 8.34. The molecule has 0 unspecified atom stereocenters. The lowest BCUT2D eigenvalue weighted by Crippen LogP contribution is -1.94. The van der Waals surface area contributed by atoms with Gasteiger partial charge in [-0.05, 0) is 44.9 Å². The van der Waals surface area contributed by atoms with E-state index in [0.29, 0.717) is 5.57 Å². The Morgan fingerprint density at radius 2 is 1.73 bits per heavy atom. The smallest absolute Gasteiger partial charge is 0.136 e. The molecule has 3 rings (SSSR count). The fourth-order valence-corrected chi connectivity index (χ4v) is 3.67. The third kappa shape index (κ3) is 3.84. The Morgan fingerprint density at radius 1 is 1.04 bits per heavy atom. The zero-order valence-corrected chi connectivity index (χ0v) is 16.2. The predicted molar refractivity (Wildman–Crippen MR) is 110 cm³/mol. The molecule has 0 amide bonds. The molecule has 26 heavy (non-hydrogen) atoms. The van der Waals surface area contributed by atoms with Crippen LogP contribution in [0.15, 0.2) is 48.0 Å². The van der Waals surface area contributed by atoms with Crippen molar-refractivity contribution < 1.29 is 0 Å². The van der Waals surface area contributed by atoms with Crippen LogP contribution in [0.3, 0.4) is 0 Å². The number of nitrogens with one attached hydrogen (secondary N) is 1. The third-order valence-electron chi connectivity index (χ3n) is 4.27. The van der Waals surface area contributed by atoms with Crippen LogP contribution < -0.4 is 5.32 Å². The fourth-order valence-electron chi connectivity index (χ4n) is 2.89. The summed E-state index contributed by atoms with van der Waals surface area (Å²) >= 11 is 1.49. The van der Waals surface area contributed by atoms with Gasteiger partial charge in [-0.1, -0.05) is 41.5 Å². The van der Waals surface area contributed by atoms with E-state index in [4.69, 9.17) is 0 Å². The Labute approximate surface area is 158 Å². The highest BCUT2D eigenvalue weighted by Crippen LogP contribution is 2.29. The van der Waals surface area contributed by atoms with Crippen LogP contribution in [0, 0.1) is 39.0 Å². The summed E-state index contributed by atoms with van der Waals surface area (Å²) in [5.74, 6) is 0. The lowest BCUT2D eigenvalue weighted by Gasteiger charge is -2.06. The van der Waals surface area contributed by atoms with Gasteiger partial charge in [0.15, 0.2) is 0 Å². The molecule has 0 bridgehead atoms. The topological polar surface area (TPSA) is 48.7 Å². The van der Waals surface area contributed by atoms with Crippen molar-refractivity contribution in [2.24, 2.45) is 0 Å². The van der Waals surface area contributed by atoms with Gasteiger partial charge in [0.05, 0.1) is 5.69 Å². The molecule has 0 fully saturated rings. The summed E-state index contributed by atoms with van der Waals surface area (Å²) in [4.78, 5) is 4.68. The van der Waals surface area contributed by atoms with E-state index in [0.717, 1.165) is 27.5 Å². The summed E-state index contributed by atoms with van der Waals surface area (Å²) < 4.78 is 0. The lowest BCUT2D eigenvalue weighted by molar-refractivity contribution is 1.32. The van der Waals surface area contributed by atoms with Crippen molar-refractivity contribution in [2.75, 3.05) is 5.32 Å². The number of aryl methyl sites for hydroxylation is 4. The van der Waals surface area contributed by atoms with E-state index in [-0.39, 0.29) is 0 Å². The molecule has 3 aromatic rings. The van der Waals surface area contributed by atoms with Gasteiger partial charge >= 0.3 is 0 Å². The fraction of sp³-hybridized carbons (Fsp3) is 0.182. The molecule has 0 saturated heterocycles. The quantitative estimate of drug-likeness (QED) is 0.579. The number of anilines is 1. The van der Waals surface area contributed by atoms with Crippen molar-refractivity contribution in [1.82, 2.24) is 4.98 Å². The third-order valence-corrected chi connectivity index (χ3v) is 5.14. The number of benzene rings is 2. The van der Waals surface area contributed by atoms with Crippen molar-refractivity contribution in [3.63, 3.8) is 0 Å². The van der Waals surface area contributed by atoms with E-state index in [9.17, 15) is 5.26 Å². The highest BCUT2D eigenvalue weighted by molar-refractivity contribution is 7.11. The van der Waals surface area contributed by atoms with E-state index in [1.807, 2.05) is 11.4 Å². The molecule has 1 heterocycles. The zero-order valence-electron chi connectivity index (χ0n) is 15.4. The summed E-state index contributed by atoms with van der Waals surface area (Å²) in [6.07, 6.45) is 1.74. The number of allylic oxidation sites excluding steroid dienone is 1. The molecule has 0 aliphatic heterocycles. The van der Waals surface area contributed by atoms with Crippen molar-refractivity contribution in [2.45, 2.75) is 27.7 Å². The van der Waals surface area contributed by atoms with Gasteiger partial charge in [-0.3, -0.25) is 0 Å². The minimum absolute atomic E-state index is 0.533. The molecule has 1 N–H and O–H groups in total. The Morgan fingerprint density at radius 3 is 2.38 bits per heavy atom. The molecular weight excluding hydrogens is 338 g/mol. The molecule has 0 spiro atoms. The molecule has 130 valence electrons. The minimum Gasteiger partial charge on any atom is -0.360 e. The first-order valence-corrected chi connectivity index (χ1v) is 9.33. The highest BCUT2D eigenvalue weighted by atomic mass is 32.1. The number of hydrogen-bond acceptors (Lipinski definition) is 4. The van der Waals surface area contributed by atoms with Crippen LogP contribution in [0.1, 0.15) is 27.3 Å². The number of thiazole rings is 1. The normalized spacial score (nSPS) is 11.3. The van der Waals surface area contributed by atoms with Gasteiger partial charge in [0, 0.05) is 22.8 Å². The van der Waals surface area contributed by atoms with Crippen LogP contribution in [0.5, 0.6) is 0 Å². The van der Waals surface area contributed by atoms with Gasteiger partial charge in [-0.2, -0.15) is 5.26 Å². The molecular formula is C22H21N3S. The molecule has 0 saturated carbocycles. The molecule has 3 nitrogen and oxygen atoms in total. The second kappa shape index (κ2) is 7.55. The van der Waals surface area contributed by atoms with Gasteiger partial charge in [-0.25, -0.2) is 4.98 Å². The van der Waals surface area contributed by atoms with E-state index >= 15 is 0 Å². The second-order valence-corrected chi connectivity index (χ2v) is 7.35. The first-order chi connectivity index (χ1) is 12.5. The summed E-state index contributed by atoms with van der Waals surface area (Å²) in [7, 11) is 0. The molecule has 4 heteroatoms. The summed E-state index contributed by atoms with van der Waals surface area (Å²) in [6.45, 7) is 8.29. The molecule has 0 aliphatic carbocycles. The van der Waals surface area contributed by atoms with Crippen molar-refractivity contribution in [3.05, 3.63) is 75.2 Å². The zero-order chi connectivity index (χ0) is 18.7. The van der Waals surface area contributed by atoms with Gasteiger partial charge in [0.25, 0.3) is 0 Å². The van der Waals surface area contributed by atoms with Crippen LogP contribution in [0.25, 0.3) is 16.8 Å². The van der Waals surface area contributed by atoms with Gasteiger partial charge in [0.1, 0.15) is 16.6 Å². The molecule has 1 aromatic heterocycles. The molecule has 2 aromatic carbocycles. The number of nitrogens with zero attached hydrogens (tertiary/aromatic N) is 2. The van der Waals surface area contributed by atoms with Crippen LogP contribution in [0.4, 0.5) is 5.69 Å². The van der Waals surface area contributed by atoms with Gasteiger partial charge in [-0.15, -0.1) is 11.3 Å². The van der Waals surface area contributed by atoms with E-state index < -0.39 is 0 Å². The summed E-state index contributed by atoms with van der Waals surface area (Å²) in [6, 6.07) is 14.8. The maximum absolute atomic E-state index is 9.55. The van der Waals surface area contributed by atoms with E-state index in [1.165, 1.54) is 28.0 Å². The Balaban J connectivity index is 1.87. The van der Waals surface area contributed by atoms with Gasteiger partial charge in [0.2, 0.25) is 0 Å². The highest BCUT2D eigenvalue weighted by Gasteiger charge is 2.11. The standard InChI is InChI=1S/C22H21N3S/c1-14-5-7-19(16(3)9-14)21-13-26-22(25-21)18(11-23)12-24-20-8-6-15(2)10-17(20)4/h5-10,12-13,24H,1-4H3. The molecule has 0 atom stereocenters. The molecule has 0 radical (unpaired) electrons. The first kappa shape index (κ1) is 17.9. The SMILES string of the molecule is Cc1ccc(NC=C(C#N)c2nc(-c3ccc(C)cc3C)cs2)c(C)c1. The van der Waals surface area contributed by atoms with Crippen LogP contribution >= 0.6 is 11.3 Å². The monoisotopic (exact) mass is 359 g/mol. The van der Waals surface area contributed by atoms with E-state index in [1.54, 1.807) is 6.20 Å². The number of nitriles is 1. The Hall–Kier alpha value is -2.90. The number of hydrogen-bond donors (Lipinski definition) is 1.